The smallest absolute Gasteiger partial charge is 0.315 e. The van der Waals surface area contributed by atoms with Gasteiger partial charge in [0, 0.05) is 19.5 Å². The van der Waals surface area contributed by atoms with E-state index in [1.54, 1.807) is 4.90 Å². The lowest BCUT2D eigenvalue weighted by Gasteiger charge is -2.38. The number of hydrogen-bond acceptors (Lipinski definition) is 5. The Morgan fingerprint density at radius 2 is 1.61 bits per heavy atom. The van der Waals surface area contributed by atoms with Crippen molar-refractivity contribution in [2.75, 3.05) is 6.54 Å². The molecule has 0 spiro atoms. The minimum absolute atomic E-state index is 0.0386. The number of amides is 4. The third-order valence-electron chi connectivity index (χ3n) is 8.34. The Morgan fingerprint density at radius 3 is 2.08 bits per heavy atom. The van der Waals surface area contributed by atoms with Gasteiger partial charge in [-0.25, -0.2) is 4.79 Å². The van der Waals surface area contributed by atoms with Crippen LogP contribution < -0.4 is 16.0 Å². The molecule has 1 aliphatic heterocycles. The zero-order valence-electron chi connectivity index (χ0n) is 23.1. The van der Waals surface area contributed by atoms with Crippen LogP contribution in [0.2, 0.25) is 0 Å². The molecule has 36 heavy (non-hydrogen) atoms. The second-order valence-electron chi connectivity index (χ2n) is 13.0. The van der Waals surface area contributed by atoms with Crippen molar-refractivity contribution in [3.05, 3.63) is 0 Å². The Morgan fingerprint density at radius 1 is 1.00 bits per heavy atom. The highest BCUT2D eigenvalue weighted by molar-refractivity contribution is 6.38. The molecule has 5 atom stereocenters. The van der Waals surface area contributed by atoms with Crippen molar-refractivity contribution in [2.45, 2.75) is 105 Å². The molecule has 9 nitrogen and oxygen atoms in total. The van der Waals surface area contributed by atoms with Crippen LogP contribution in [-0.4, -0.2) is 65.0 Å². The van der Waals surface area contributed by atoms with Crippen LogP contribution in [0.15, 0.2) is 0 Å². The Kier molecular flexibility index (Phi) is 7.92. The third-order valence-corrected chi connectivity index (χ3v) is 8.34. The third kappa shape index (κ3) is 5.75. The van der Waals surface area contributed by atoms with Gasteiger partial charge in [-0.05, 0) is 48.9 Å². The summed E-state index contributed by atoms with van der Waals surface area (Å²) >= 11 is 0. The molecule has 3 N–H and O–H groups in total. The van der Waals surface area contributed by atoms with E-state index in [1.807, 2.05) is 34.6 Å². The van der Waals surface area contributed by atoms with Gasteiger partial charge in [0.2, 0.25) is 17.6 Å². The lowest BCUT2D eigenvalue weighted by atomic mass is 9.79. The molecule has 1 heterocycles. The van der Waals surface area contributed by atoms with Gasteiger partial charge in [0.25, 0.3) is 0 Å². The Hall–Kier alpha value is -2.45. The van der Waals surface area contributed by atoms with Crippen LogP contribution in [0.5, 0.6) is 0 Å². The number of carbonyl (C=O) groups is 5. The molecule has 202 valence electrons. The van der Waals surface area contributed by atoms with Crippen molar-refractivity contribution in [2.24, 2.45) is 28.6 Å². The Balaban J connectivity index is 1.83. The molecule has 1 saturated heterocycles. The fraction of sp³-hybridized carbons (Fsp3) is 0.815. The van der Waals surface area contributed by atoms with Crippen LogP contribution in [0.3, 0.4) is 0 Å². The zero-order chi connectivity index (χ0) is 27.2. The predicted molar refractivity (Wildman–Crippen MR) is 136 cm³/mol. The number of likely N-dealkylation sites (tertiary alicyclic amines) is 1. The average molecular weight is 505 g/mol. The first kappa shape index (κ1) is 28.1. The highest BCUT2D eigenvalue weighted by atomic mass is 16.2. The van der Waals surface area contributed by atoms with Gasteiger partial charge in [-0.15, -0.1) is 0 Å². The molecule has 0 bridgehead atoms. The minimum Gasteiger partial charge on any atom is -0.344 e. The van der Waals surface area contributed by atoms with Crippen LogP contribution in [0.1, 0.15) is 81.1 Å². The number of urea groups is 1. The van der Waals surface area contributed by atoms with Gasteiger partial charge in [-0.2, -0.15) is 0 Å². The van der Waals surface area contributed by atoms with Crippen LogP contribution in [0.25, 0.3) is 0 Å². The number of nitrogens with one attached hydrogen (secondary N) is 3. The fourth-order valence-electron chi connectivity index (χ4n) is 5.86. The van der Waals surface area contributed by atoms with Gasteiger partial charge in [0.05, 0.1) is 6.04 Å². The summed E-state index contributed by atoms with van der Waals surface area (Å²) in [5, 5.41) is 8.44. The van der Waals surface area contributed by atoms with Crippen LogP contribution in [0.4, 0.5) is 4.79 Å². The fourth-order valence-corrected chi connectivity index (χ4v) is 5.86. The van der Waals surface area contributed by atoms with Crippen molar-refractivity contribution < 1.29 is 24.0 Å². The standard InChI is InChI=1S/C27H44N4O5/c1-14(2)28-25(36)30-22(26(4,5)6)24(35)31-13-17-19(27(17,7)8)20(31)23(34)29-18(21(33)15(3)32)12-16-10-9-11-16/h14,16-20,22H,9-13H2,1-8H3,(H,29,34)(H2,28,30,36)/t17-,18?,19-,20-,22+/m0/s1. The van der Waals surface area contributed by atoms with Crippen molar-refractivity contribution >= 4 is 29.4 Å². The molecule has 3 fully saturated rings. The number of Topliss-reactive ketones (excluding diaryl/α,β-unsaturated/α-hetero) is 2. The van der Waals surface area contributed by atoms with Gasteiger partial charge in [0.1, 0.15) is 12.1 Å². The number of piperidine rings is 1. The summed E-state index contributed by atoms with van der Waals surface area (Å²) in [4.78, 5) is 66.2. The quantitative estimate of drug-likeness (QED) is 0.416. The molecule has 9 heteroatoms. The molecule has 0 radical (unpaired) electrons. The lowest BCUT2D eigenvalue weighted by Crippen LogP contribution is -2.61. The summed E-state index contributed by atoms with van der Waals surface area (Å²) in [5.74, 6) is -1.41. The van der Waals surface area contributed by atoms with E-state index in [2.05, 4.69) is 29.8 Å². The highest BCUT2D eigenvalue weighted by Crippen LogP contribution is 2.65. The number of ketones is 2. The lowest BCUT2D eigenvalue weighted by molar-refractivity contribution is -0.145. The van der Waals surface area contributed by atoms with E-state index in [4.69, 9.17) is 0 Å². The SMILES string of the molecule is CC(=O)C(=O)C(CC1CCC1)NC(=O)[C@@H]1[C@@H]2[C@H](CN1C(=O)[C@@H](NC(=O)NC(C)C)C(C)(C)C)C2(C)C. The van der Waals surface area contributed by atoms with E-state index in [9.17, 15) is 24.0 Å². The maximum Gasteiger partial charge on any atom is 0.315 e. The topological polar surface area (TPSA) is 125 Å². The van der Waals surface area contributed by atoms with Gasteiger partial charge >= 0.3 is 6.03 Å². The number of carbonyl (C=O) groups excluding carboxylic acids is 5. The van der Waals surface area contributed by atoms with E-state index in [1.165, 1.54) is 6.92 Å². The van der Waals surface area contributed by atoms with E-state index in [0.29, 0.717) is 18.9 Å². The highest BCUT2D eigenvalue weighted by Gasteiger charge is 2.69. The molecular weight excluding hydrogens is 460 g/mol. The largest absolute Gasteiger partial charge is 0.344 e. The molecule has 4 amide bonds. The molecule has 2 aliphatic carbocycles. The average Bonchev–Trinajstić information content (AvgIpc) is 3.06. The zero-order valence-corrected chi connectivity index (χ0v) is 23.1. The van der Waals surface area contributed by atoms with Gasteiger partial charge in [-0.3, -0.25) is 19.2 Å². The summed E-state index contributed by atoms with van der Waals surface area (Å²) < 4.78 is 0. The first-order valence-corrected chi connectivity index (χ1v) is 13.3. The normalized spacial score (nSPS) is 26.4. The van der Waals surface area contributed by atoms with Crippen LogP contribution >= 0.6 is 0 Å². The van der Waals surface area contributed by atoms with Crippen LogP contribution in [-0.2, 0) is 19.2 Å². The van der Waals surface area contributed by atoms with Gasteiger partial charge < -0.3 is 20.9 Å². The van der Waals surface area contributed by atoms with Crippen molar-refractivity contribution in [1.29, 1.82) is 0 Å². The van der Waals surface area contributed by atoms with E-state index < -0.39 is 41.1 Å². The van der Waals surface area contributed by atoms with Crippen molar-refractivity contribution in [3.63, 3.8) is 0 Å². The second kappa shape index (κ2) is 10.1. The van der Waals surface area contributed by atoms with E-state index in [-0.39, 0.29) is 35.1 Å². The minimum atomic E-state index is -0.869. The summed E-state index contributed by atoms with van der Waals surface area (Å²) in [7, 11) is 0. The molecule has 3 rings (SSSR count). The second-order valence-corrected chi connectivity index (χ2v) is 13.0. The number of nitrogens with zero attached hydrogens (tertiary/aromatic N) is 1. The van der Waals surface area contributed by atoms with Gasteiger partial charge in [-0.1, -0.05) is 53.9 Å². The van der Waals surface area contributed by atoms with Crippen LogP contribution in [0, 0.1) is 28.6 Å². The number of hydrogen-bond donors (Lipinski definition) is 3. The Bertz CT molecular complexity index is 918. The molecule has 0 aromatic carbocycles. The summed E-state index contributed by atoms with van der Waals surface area (Å²) in [6.45, 7) is 15.1. The molecule has 1 unspecified atom stereocenters. The van der Waals surface area contributed by atoms with E-state index >= 15 is 0 Å². The summed E-state index contributed by atoms with van der Waals surface area (Å²) in [6.07, 6.45) is 3.51. The van der Waals surface area contributed by atoms with Crippen molar-refractivity contribution in [1.82, 2.24) is 20.9 Å². The monoisotopic (exact) mass is 504 g/mol. The maximum absolute atomic E-state index is 13.8. The number of rotatable bonds is 9. The van der Waals surface area contributed by atoms with Crippen molar-refractivity contribution in [3.8, 4) is 0 Å². The predicted octanol–water partition coefficient (Wildman–Crippen LogP) is 2.42. The first-order valence-electron chi connectivity index (χ1n) is 13.3. The summed E-state index contributed by atoms with van der Waals surface area (Å²) in [6, 6.07) is -2.98. The van der Waals surface area contributed by atoms with E-state index in [0.717, 1.165) is 19.3 Å². The van der Waals surface area contributed by atoms with Gasteiger partial charge in [0.15, 0.2) is 5.78 Å². The maximum atomic E-state index is 13.8. The molecular formula is C27H44N4O5. The molecule has 0 aromatic rings. The Labute approximate surface area is 214 Å². The summed E-state index contributed by atoms with van der Waals surface area (Å²) in [5.41, 5.74) is -0.696. The number of fused-ring (bicyclic) bond motifs is 1. The molecule has 0 aromatic heterocycles. The molecule has 2 saturated carbocycles. The first-order chi connectivity index (χ1) is 16.6. The molecule has 3 aliphatic rings.